The maximum absolute atomic E-state index is 13.6. The summed E-state index contributed by atoms with van der Waals surface area (Å²) >= 11 is 0. The Labute approximate surface area is 152 Å². The molecule has 0 aromatic carbocycles. The van der Waals surface area contributed by atoms with E-state index in [0.717, 1.165) is 19.3 Å². The van der Waals surface area contributed by atoms with Gasteiger partial charge in [0.1, 0.15) is 6.17 Å². The topological polar surface area (TPSA) is 40.5 Å². The van der Waals surface area contributed by atoms with Crippen LogP contribution in [0.3, 0.4) is 0 Å². The molecule has 0 aliphatic carbocycles. The smallest absolute Gasteiger partial charge is 0.122 e. The molecule has 2 N–H and O–H groups in total. The summed E-state index contributed by atoms with van der Waals surface area (Å²) in [5.41, 5.74) is 0. The first kappa shape index (κ1) is 23.3. The summed E-state index contributed by atoms with van der Waals surface area (Å²) in [5.74, 6) is 0. The van der Waals surface area contributed by atoms with Crippen LogP contribution in [-0.2, 0) is 0 Å². The van der Waals surface area contributed by atoms with Gasteiger partial charge in [-0.15, -0.1) is 0 Å². The molecule has 0 aromatic heterocycles. The predicted molar refractivity (Wildman–Crippen MR) is 106 cm³/mol. The van der Waals surface area contributed by atoms with Crippen molar-refractivity contribution in [3.05, 3.63) is 72.9 Å². The van der Waals surface area contributed by atoms with Crippen molar-refractivity contribution < 1.29 is 14.6 Å². The number of alkyl halides is 1. The third-order valence-electron chi connectivity index (χ3n) is 3.25. The fourth-order valence-electron chi connectivity index (χ4n) is 1.87. The predicted octanol–water partition coefficient (Wildman–Crippen LogP) is 5.38. The summed E-state index contributed by atoms with van der Waals surface area (Å²) in [7, 11) is 0. The second-order valence-electron chi connectivity index (χ2n) is 5.66. The summed E-state index contributed by atoms with van der Waals surface area (Å²) in [6.07, 6.45) is 25.0. The monoisotopic (exact) mass is 348 g/mol. The van der Waals surface area contributed by atoms with E-state index in [4.69, 9.17) is 5.11 Å². The molecule has 0 bridgehead atoms. The van der Waals surface area contributed by atoms with Crippen molar-refractivity contribution >= 4 is 0 Å². The fraction of sp³-hybridized carbons (Fsp3) is 0.455. The molecule has 25 heavy (non-hydrogen) atoms. The molecular weight excluding hydrogens is 315 g/mol. The standard InChI is InChI=1S/C22H33FO2/c1-2-3-4-5-6-7-11-16-21(23)17-12-8-9-13-18-22(25)19-14-10-15-20-24/h4-5,7-14,17-18,21-22,24-25H,2-3,6,15-16,19-20H2,1H3/b5-4-,9-8+,11-7-,14-10-,17-12+,18-13-/t21-,22-/m1/s1. The number of aliphatic hydroxyl groups is 2. The van der Waals surface area contributed by atoms with Gasteiger partial charge in [0.25, 0.3) is 0 Å². The minimum absolute atomic E-state index is 0.124. The Morgan fingerprint density at radius 2 is 1.44 bits per heavy atom. The zero-order chi connectivity index (χ0) is 18.6. The molecule has 0 saturated carbocycles. The van der Waals surface area contributed by atoms with E-state index in [9.17, 15) is 9.50 Å². The van der Waals surface area contributed by atoms with Gasteiger partial charge < -0.3 is 10.2 Å². The van der Waals surface area contributed by atoms with E-state index in [1.54, 1.807) is 30.4 Å². The van der Waals surface area contributed by atoms with Crippen LogP contribution >= 0.6 is 0 Å². The highest BCUT2D eigenvalue weighted by Gasteiger charge is 1.95. The van der Waals surface area contributed by atoms with Gasteiger partial charge in [0, 0.05) is 13.0 Å². The van der Waals surface area contributed by atoms with E-state index in [1.807, 2.05) is 24.3 Å². The van der Waals surface area contributed by atoms with E-state index in [1.165, 1.54) is 6.08 Å². The van der Waals surface area contributed by atoms with Crippen LogP contribution in [0.2, 0.25) is 0 Å². The second kappa shape index (κ2) is 18.6. The molecule has 0 aromatic rings. The zero-order valence-electron chi connectivity index (χ0n) is 15.3. The van der Waals surface area contributed by atoms with Crippen molar-refractivity contribution in [2.75, 3.05) is 6.61 Å². The number of allylic oxidation sites excluding steroid dienone is 9. The van der Waals surface area contributed by atoms with Crippen molar-refractivity contribution in [1.29, 1.82) is 0 Å². The van der Waals surface area contributed by atoms with Gasteiger partial charge in [-0.25, -0.2) is 4.39 Å². The average Bonchev–Trinajstić information content (AvgIpc) is 2.61. The van der Waals surface area contributed by atoms with Crippen LogP contribution in [-0.4, -0.2) is 29.1 Å². The minimum atomic E-state index is -0.980. The van der Waals surface area contributed by atoms with Crippen molar-refractivity contribution in [2.45, 2.75) is 57.7 Å². The summed E-state index contributed by atoms with van der Waals surface area (Å²) in [4.78, 5) is 0. The van der Waals surface area contributed by atoms with Crippen LogP contribution in [0, 0.1) is 0 Å². The molecule has 0 spiro atoms. The van der Waals surface area contributed by atoms with Crippen LogP contribution < -0.4 is 0 Å². The van der Waals surface area contributed by atoms with Gasteiger partial charge in [-0.05, 0) is 25.7 Å². The molecule has 0 unspecified atom stereocenters. The Morgan fingerprint density at radius 1 is 0.800 bits per heavy atom. The summed E-state index contributed by atoms with van der Waals surface area (Å²) in [5, 5.41) is 18.3. The molecule has 2 atom stereocenters. The van der Waals surface area contributed by atoms with Gasteiger partial charge in [-0.3, -0.25) is 0 Å². The molecule has 2 nitrogen and oxygen atoms in total. The number of halogens is 1. The first-order chi connectivity index (χ1) is 12.2. The quantitative estimate of drug-likeness (QED) is 0.327. The summed E-state index contributed by atoms with van der Waals surface area (Å²) in [6.45, 7) is 2.27. The Bertz CT molecular complexity index is 459. The lowest BCUT2D eigenvalue weighted by molar-refractivity contribution is 0.226. The number of unbranched alkanes of at least 4 members (excludes halogenated alkanes) is 1. The Hall–Kier alpha value is -1.71. The van der Waals surface area contributed by atoms with E-state index in [2.05, 4.69) is 19.1 Å². The zero-order valence-corrected chi connectivity index (χ0v) is 15.3. The van der Waals surface area contributed by atoms with Crippen molar-refractivity contribution in [3.8, 4) is 0 Å². The lowest BCUT2D eigenvalue weighted by atomic mass is 10.2. The minimum Gasteiger partial charge on any atom is -0.396 e. The number of aliphatic hydroxyl groups excluding tert-OH is 2. The van der Waals surface area contributed by atoms with E-state index in [0.29, 0.717) is 19.3 Å². The first-order valence-electron chi connectivity index (χ1n) is 9.10. The third kappa shape index (κ3) is 18.5. The summed E-state index contributed by atoms with van der Waals surface area (Å²) < 4.78 is 13.6. The van der Waals surface area contributed by atoms with Crippen LogP contribution in [0.5, 0.6) is 0 Å². The molecule has 140 valence electrons. The molecule has 0 rings (SSSR count). The molecular formula is C22H33FO2. The van der Waals surface area contributed by atoms with Gasteiger partial charge >= 0.3 is 0 Å². The van der Waals surface area contributed by atoms with Gasteiger partial charge in [0.05, 0.1) is 6.10 Å². The van der Waals surface area contributed by atoms with Crippen molar-refractivity contribution in [3.63, 3.8) is 0 Å². The van der Waals surface area contributed by atoms with E-state index in [-0.39, 0.29) is 6.61 Å². The van der Waals surface area contributed by atoms with E-state index >= 15 is 0 Å². The lowest BCUT2D eigenvalue weighted by Gasteiger charge is -1.98. The second-order valence-corrected chi connectivity index (χ2v) is 5.66. The van der Waals surface area contributed by atoms with E-state index < -0.39 is 12.3 Å². The normalized spacial score (nSPS) is 15.8. The first-order valence-corrected chi connectivity index (χ1v) is 9.10. The van der Waals surface area contributed by atoms with Crippen LogP contribution in [0.4, 0.5) is 4.39 Å². The van der Waals surface area contributed by atoms with Crippen LogP contribution in [0.1, 0.15) is 45.4 Å². The highest BCUT2D eigenvalue weighted by atomic mass is 19.1. The Balaban J connectivity index is 3.87. The highest BCUT2D eigenvalue weighted by Crippen LogP contribution is 2.03. The van der Waals surface area contributed by atoms with Crippen LogP contribution in [0.25, 0.3) is 0 Å². The molecule has 0 aliphatic rings. The molecule has 0 aliphatic heterocycles. The van der Waals surface area contributed by atoms with Gasteiger partial charge in [-0.2, -0.15) is 0 Å². The third-order valence-corrected chi connectivity index (χ3v) is 3.25. The van der Waals surface area contributed by atoms with Gasteiger partial charge in [-0.1, -0.05) is 86.3 Å². The Morgan fingerprint density at radius 3 is 2.16 bits per heavy atom. The maximum atomic E-state index is 13.6. The SMILES string of the molecule is CCC/C=C\C/C=C\C[C@@H](F)/C=C/C=C/C=C\[C@@H](O)C/C=C\CCO. The molecule has 3 heteroatoms. The average molecular weight is 349 g/mol. The number of hydrogen-bond donors (Lipinski definition) is 2. The van der Waals surface area contributed by atoms with Crippen LogP contribution in [0.15, 0.2) is 72.9 Å². The van der Waals surface area contributed by atoms with Crippen molar-refractivity contribution in [2.24, 2.45) is 0 Å². The van der Waals surface area contributed by atoms with Gasteiger partial charge in [0.15, 0.2) is 0 Å². The van der Waals surface area contributed by atoms with Crippen molar-refractivity contribution in [1.82, 2.24) is 0 Å². The molecule has 0 amide bonds. The molecule has 0 saturated heterocycles. The number of rotatable bonds is 14. The largest absolute Gasteiger partial charge is 0.396 e. The van der Waals surface area contributed by atoms with Gasteiger partial charge in [0.2, 0.25) is 0 Å². The molecule has 0 fully saturated rings. The maximum Gasteiger partial charge on any atom is 0.122 e. The molecule has 0 heterocycles. The number of hydrogen-bond acceptors (Lipinski definition) is 2. The summed E-state index contributed by atoms with van der Waals surface area (Å²) in [6, 6.07) is 0. The lowest BCUT2D eigenvalue weighted by Crippen LogP contribution is -1.98. The highest BCUT2D eigenvalue weighted by molar-refractivity contribution is 5.13. The Kier molecular flexibility index (Phi) is 17.4. The fourth-order valence-corrected chi connectivity index (χ4v) is 1.87. The molecule has 0 radical (unpaired) electrons.